The zero-order chi connectivity index (χ0) is 14.9. The molecule has 8 nitrogen and oxygen atoms in total. The predicted octanol–water partition coefficient (Wildman–Crippen LogP) is -0.436. The Morgan fingerprint density at radius 3 is 2.75 bits per heavy atom. The van der Waals surface area contributed by atoms with Gasteiger partial charge in [0.15, 0.2) is 0 Å². The van der Waals surface area contributed by atoms with Gasteiger partial charge in [0.2, 0.25) is 0 Å². The van der Waals surface area contributed by atoms with Crippen molar-refractivity contribution in [2.75, 3.05) is 11.1 Å². The van der Waals surface area contributed by atoms with Crippen LogP contribution < -0.4 is 22.3 Å². The molecule has 4 N–H and O–H groups in total. The van der Waals surface area contributed by atoms with Crippen LogP contribution in [0.15, 0.2) is 15.8 Å². The van der Waals surface area contributed by atoms with Gasteiger partial charge in [0.05, 0.1) is 5.69 Å². The normalized spacial score (nSPS) is 10.8. The maximum Gasteiger partial charge on any atom is 0.329 e. The molecule has 2 heterocycles. The molecule has 0 atom stereocenters. The molecular weight excluding hydrogens is 260 g/mol. The molecule has 2 rings (SSSR count). The van der Waals surface area contributed by atoms with E-state index in [-0.39, 0.29) is 11.5 Å². The SMILES string of the molecule is CCc1nn(C)cc1CNc1c(N)n(C)c(=O)[nH]c1=O. The molecule has 0 aliphatic rings. The van der Waals surface area contributed by atoms with Crippen LogP contribution >= 0.6 is 0 Å². The minimum atomic E-state index is -0.534. The molecule has 0 radical (unpaired) electrons. The van der Waals surface area contributed by atoms with Crippen molar-refractivity contribution in [1.29, 1.82) is 0 Å². The molecule has 0 aliphatic carbocycles. The number of hydrogen-bond acceptors (Lipinski definition) is 5. The minimum Gasteiger partial charge on any atom is -0.383 e. The van der Waals surface area contributed by atoms with Crippen molar-refractivity contribution in [3.8, 4) is 0 Å². The number of nitrogens with one attached hydrogen (secondary N) is 2. The average molecular weight is 278 g/mol. The summed E-state index contributed by atoms with van der Waals surface area (Å²) in [6, 6.07) is 0. The Balaban J connectivity index is 2.30. The van der Waals surface area contributed by atoms with E-state index >= 15 is 0 Å². The van der Waals surface area contributed by atoms with Crippen LogP contribution in [-0.4, -0.2) is 19.3 Å². The molecule has 2 aromatic rings. The Kier molecular flexibility index (Phi) is 3.64. The second-order valence-electron chi connectivity index (χ2n) is 4.56. The summed E-state index contributed by atoms with van der Waals surface area (Å²) in [6.45, 7) is 2.43. The number of nitrogens with zero attached hydrogens (tertiary/aromatic N) is 3. The van der Waals surface area contributed by atoms with Crippen LogP contribution in [0.5, 0.6) is 0 Å². The van der Waals surface area contributed by atoms with Crippen LogP contribution in [0.3, 0.4) is 0 Å². The zero-order valence-electron chi connectivity index (χ0n) is 11.7. The van der Waals surface area contributed by atoms with Crippen molar-refractivity contribution in [1.82, 2.24) is 19.3 Å². The fraction of sp³-hybridized carbons (Fsp3) is 0.417. The molecule has 0 amide bonds. The van der Waals surface area contributed by atoms with Gasteiger partial charge in [-0.3, -0.25) is 19.0 Å². The van der Waals surface area contributed by atoms with E-state index < -0.39 is 11.2 Å². The maximum atomic E-state index is 11.8. The van der Waals surface area contributed by atoms with Crippen LogP contribution in [0.2, 0.25) is 0 Å². The number of H-pyrrole nitrogens is 1. The molecule has 20 heavy (non-hydrogen) atoms. The molecule has 0 fully saturated rings. The highest BCUT2D eigenvalue weighted by Crippen LogP contribution is 2.13. The second-order valence-corrected chi connectivity index (χ2v) is 4.56. The first kappa shape index (κ1) is 13.9. The number of nitrogens with two attached hydrogens (primary N) is 1. The van der Waals surface area contributed by atoms with Crippen molar-refractivity contribution in [3.05, 3.63) is 38.3 Å². The molecule has 0 aliphatic heterocycles. The van der Waals surface area contributed by atoms with Gasteiger partial charge in [-0.15, -0.1) is 0 Å². The lowest BCUT2D eigenvalue weighted by Crippen LogP contribution is -2.32. The summed E-state index contributed by atoms with van der Waals surface area (Å²) in [5.41, 5.74) is 6.87. The Labute approximate surface area is 115 Å². The first-order valence-corrected chi connectivity index (χ1v) is 6.28. The monoisotopic (exact) mass is 278 g/mol. The van der Waals surface area contributed by atoms with Crippen LogP contribution in [0, 0.1) is 0 Å². The van der Waals surface area contributed by atoms with Crippen LogP contribution in [0.25, 0.3) is 0 Å². The molecular formula is C12H18N6O2. The lowest BCUT2D eigenvalue weighted by molar-refractivity contribution is 0.746. The van der Waals surface area contributed by atoms with Crippen LogP contribution in [0.4, 0.5) is 11.5 Å². The van der Waals surface area contributed by atoms with Gasteiger partial charge >= 0.3 is 5.69 Å². The van der Waals surface area contributed by atoms with Crippen molar-refractivity contribution in [2.45, 2.75) is 19.9 Å². The summed E-state index contributed by atoms with van der Waals surface area (Å²) in [4.78, 5) is 25.3. The highest BCUT2D eigenvalue weighted by Gasteiger charge is 2.11. The standard InChI is InChI=1S/C12H18N6O2/c1-4-8-7(6-17(2)16-8)5-14-9-10(13)18(3)12(20)15-11(9)19/h6,14H,4-5,13H2,1-3H3,(H,15,19,20). The molecule has 0 spiro atoms. The van der Waals surface area contributed by atoms with Gasteiger partial charge in [-0.25, -0.2) is 4.79 Å². The van der Waals surface area contributed by atoms with Crippen molar-refractivity contribution in [2.24, 2.45) is 14.1 Å². The predicted molar refractivity (Wildman–Crippen MR) is 76.6 cm³/mol. The van der Waals surface area contributed by atoms with Crippen molar-refractivity contribution >= 4 is 11.5 Å². The Morgan fingerprint density at radius 1 is 1.40 bits per heavy atom. The van der Waals surface area contributed by atoms with E-state index in [2.05, 4.69) is 15.4 Å². The topological polar surface area (TPSA) is 111 Å². The number of aromatic nitrogens is 4. The van der Waals surface area contributed by atoms with Gasteiger partial charge in [-0.05, 0) is 6.42 Å². The summed E-state index contributed by atoms with van der Waals surface area (Å²) in [6.07, 6.45) is 2.69. The van der Waals surface area contributed by atoms with E-state index in [4.69, 9.17) is 5.73 Å². The number of aromatic amines is 1. The summed E-state index contributed by atoms with van der Waals surface area (Å²) < 4.78 is 2.91. The highest BCUT2D eigenvalue weighted by molar-refractivity contribution is 5.60. The minimum absolute atomic E-state index is 0.112. The third-order valence-electron chi connectivity index (χ3n) is 3.15. The van der Waals surface area contributed by atoms with Crippen LogP contribution in [0.1, 0.15) is 18.2 Å². The number of nitrogen functional groups attached to an aromatic ring is 1. The van der Waals surface area contributed by atoms with Gasteiger partial charge in [-0.1, -0.05) is 6.92 Å². The third-order valence-corrected chi connectivity index (χ3v) is 3.15. The van der Waals surface area contributed by atoms with Gasteiger partial charge in [-0.2, -0.15) is 5.10 Å². The van der Waals surface area contributed by atoms with Gasteiger partial charge in [0.1, 0.15) is 11.5 Å². The van der Waals surface area contributed by atoms with Gasteiger partial charge in [0.25, 0.3) is 5.56 Å². The van der Waals surface area contributed by atoms with E-state index in [9.17, 15) is 9.59 Å². The van der Waals surface area contributed by atoms with Crippen molar-refractivity contribution in [3.63, 3.8) is 0 Å². The van der Waals surface area contributed by atoms with Crippen LogP contribution in [-0.2, 0) is 27.1 Å². The van der Waals surface area contributed by atoms with E-state index in [1.165, 1.54) is 11.6 Å². The lowest BCUT2D eigenvalue weighted by atomic mass is 10.2. The number of hydrogen-bond donors (Lipinski definition) is 3. The van der Waals surface area contributed by atoms with E-state index in [0.29, 0.717) is 6.54 Å². The molecule has 0 saturated carbocycles. The molecule has 108 valence electrons. The average Bonchev–Trinajstić information content (AvgIpc) is 2.76. The summed E-state index contributed by atoms with van der Waals surface area (Å²) >= 11 is 0. The molecule has 0 unspecified atom stereocenters. The van der Waals surface area contributed by atoms with Gasteiger partial charge in [0, 0.05) is 32.4 Å². The summed E-state index contributed by atoms with van der Waals surface area (Å²) in [7, 11) is 3.34. The largest absolute Gasteiger partial charge is 0.383 e. The fourth-order valence-electron chi connectivity index (χ4n) is 2.02. The molecule has 0 saturated heterocycles. The van der Waals surface area contributed by atoms with Crippen molar-refractivity contribution < 1.29 is 0 Å². The number of rotatable bonds is 4. The first-order chi connectivity index (χ1) is 9.43. The summed E-state index contributed by atoms with van der Waals surface area (Å²) in [5.74, 6) is 0.112. The van der Waals surface area contributed by atoms with E-state index in [1.807, 2.05) is 20.2 Å². The smallest absolute Gasteiger partial charge is 0.329 e. The Hall–Kier alpha value is -2.51. The Morgan fingerprint density at radius 2 is 2.10 bits per heavy atom. The molecule has 2 aromatic heterocycles. The van der Waals surface area contributed by atoms with E-state index in [0.717, 1.165) is 17.7 Å². The molecule has 8 heteroatoms. The third kappa shape index (κ3) is 2.44. The first-order valence-electron chi connectivity index (χ1n) is 6.28. The quantitative estimate of drug-likeness (QED) is 0.702. The fourth-order valence-corrected chi connectivity index (χ4v) is 2.02. The number of anilines is 2. The van der Waals surface area contributed by atoms with Gasteiger partial charge < -0.3 is 11.1 Å². The lowest BCUT2D eigenvalue weighted by Gasteiger charge is -2.10. The highest BCUT2D eigenvalue weighted by atomic mass is 16.2. The Bertz CT molecular complexity index is 739. The second kappa shape index (κ2) is 5.24. The van der Waals surface area contributed by atoms with E-state index in [1.54, 1.807) is 4.68 Å². The summed E-state index contributed by atoms with van der Waals surface area (Å²) in [5, 5.41) is 7.29. The number of aryl methyl sites for hydroxylation is 2. The molecule has 0 bridgehead atoms. The zero-order valence-corrected chi connectivity index (χ0v) is 11.7. The maximum absolute atomic E-state index is 11.8. The molecule has 0 aromatic carbocycles.